The Morgan fingerprint density at radius 3 is 2.45 bits per heavy atom. The summed E-state index contributed by atoms with van der Waals surface area (Å²) in [6, 6.07) is 10.9. The molecular formula is C24H31F2I2N2O-. The van der Waals surface area contributed by atoms with Gasteiger partial charge in [0.1, 0.15) is 5.82 Å². The molecule has 1 amide bonds. The normalized spacial score (nSPS) is 16.9. The van der Waals surface area contributed by atoms with E-state index in [1.165, 1.54) is 26.8 Å². The van der Waals surface area contributed by atoms with E-state index in [0.29, 0.717) is 41.6 Å². The second-order valence-corrected chi connectivity index (χ2v) is 21.0. The van der Waals surface area contributed by atoms with E-state index in [-0.39, 0.29) is 18.3 Å². The first-order chi connectivity index (χ1) is 14.5. The zero-order valence-electron chi connectivity index (χ0n) is 18.6. The fraction of sp³-hybridized carbons (Fsp3) is 0.458. The van der Waals surface area contributed by atoms with Crippen molar-refractivity contribution in [1.82, 2.24) is 10.2 Å². The maximum absolute atomic E-state index is 15.3. The van der Waals surface area contributed by atoms with Crippen molar-refractivity contribution in [3.8, 4) is 0 Å². The molecule has 0 atom stereocenters. The van der Waals surface area contributed by atoms with Gasteiger partial charge >= 0.3 is 149 Å². The summed E-state index contributed by atoms with van der Waals surface area (Å²) in [4.78, 5) is 21.5. The molecule has 0 aliphatic carbocycles. The van der Waals surface area contributed by atoms with Gasteiger partial charge in [0.25, 0.3) is 0 Å². The zero-order chi connectivity index (χ0) is 22.8. The van der Waals surface area contributed by atoms with Crippen molar-refractivity contribution in [2.75, 3.05) is 34.4 Å². The number of carbonyl (C=O) groups excluding carboxylic acids is 1. The van der Waals surface area contributed by atoms with E-state index in [1.54, 1.807) is 11.0 Å². The van der Waals surface area contributed by atoms with Crippen LogP contribution in [-0.4, -0.2) is 50.9 Å². The Balaban J connectivity index is 1.53. The van der Waals surface area contributed by atoms with Gasteiger partial charge in [0.05, 0.1) is 0 Å². The van der Waals surface area contributed by atoms with Crippen LogP contribution in [0.5, 0.6) is 0 Å². The van der Waals surface area contributed by atoms with Crippen molar-refractivity contribution in [3.63, 3.8) is 0 Å². The second-order valence-electron chi connectivity index (χ2n) is 8.96. The number of halogens is 4. The van der Waals surface area contributed by atoms with Crippen LogP contribution in [0.1, 0.15) is 34.3 Å². The molecule has 0 aromatic heterocycles. The molecule has 2 aromatic rings. The predicted molar refractivity (Wildman–Crippen MR) is 127 cm³/mol. The predicted octanol–water partition coefficient (Wildman–Crippen LogP) is 1.69. The molecule has 3 rings (SSSR count). The number of carbonyl (C=O) groups is 1. The zero-order valence-corrected chi connectivity index (χ0v) is 22.9. The van der Waals surface area contributed by atoms with Gasteiger partial charge in [-0.1, -0.05) is 0 Å². The number of rotatable bonds is 6. The third kappa shape index (κ3) is 6.37. The van der Waals surface area contributed by atoms with Crippen molar-refractivity contribution < 1.29 is 32.0 Å². The molecule has 0 unspecified atom stereocenters. The van der Waals surface area contributed by atoms with Crippen molar-refractivity contribution in [1.29, 1.82) is 0 Å². The summed E-state index contributed by atoms with van der Waals surface area (Å²) >= 11 is 0.0280. The number of benzene rings is 2. The summed E-state index contributed by atoms with van der Waals surface area (Å²) in [5.41, 5.74) is 1.68. The molecule has 1 N–H and O–H groups in total. The summed E-state index contributed by atoms with van der Waals surface area (Å²) in [7, 11) is 0. The molecule has 7 heteroatoms. The Hall–Kier alpha value is -0.810. The third-order valence-electron chi connectivity index (χ3n) is 5.73. The van der Waals surface area contributed by atoms with E-state index < -0.39 is 24.1 Å². The topological polar surface area (TPSA) is 32.3 Å². The number of piperidine rings is 1. The average molecular weight is 655 g/mol. The summed E-state index contributed by atoms with van der Waals surface area (Å²) < 4.78 is 30.7. The number of aryl methyl sites for hydroxylation is 1. The first-order valence-corrected chi connectivity index (χ1v) is 18.9. The van der Waals surface area contributed by atoms with Crippen LogP contribution in [0.2, 0.25) is 0 Å². The molecule has 0 spiro atoms. The van der Waals surface area contributed by atoms with Crippen molar-refractivity contribution in [2.45, 2.75) is 32.0 Å². The summed E-state index contributed by atoms with van der Waals surface area (Å²) in [6.07, 6.45) is 0.611. The standard InChI is InChI=1S/C24H31F2I2N2O/c1-17-5-6-18(13-22(17)28(2,3)4)15-29-16-24(26)9-11-30(12-10-24)23(31)19-7-8-20(25)21(27)14-19/h5-8,13-14,29H,9-12,15-16H2,1-4H3/q-1. The van der Waals surface area contributed by atoms with Gasteiger partial charge in [-0.05, 0) is 40.8 Å². The molecule has 0 bridgehead atoms. The van der Waals surface area contributed by atoms with Crippen molar-refractivity contribution >= 4 is 28.5 Å². The van der Waals surface area contributed by atoms with Gasteiger partial charge in [-0.25, -0.2) is 4.39 Å². The van der Waals surface area contributed by atoms with Crippen LogP contribution in [0, 0.1) is 19.9 Å². The molecule has 1 saturated heterocycles. The van der Waals surface area contributed by atoms with Crippen molar-refractivity contribution in [3.05, 3.63) is 66.0 Å². The Labute approximate surface area is 202 Å². The van der Waals surface area contributed by atoms with Crippen LogP contribution in [-0.2, 0) is 6.54 Å². The summed E-state index contributed by atoms with van der Waals surface area (Å²) in [5.74, 6) is -0.497. The van der Waals surface area contributed by atoms with E-state index in [9.17, 15) is 9.18 Å². The molecule has 172 valence electrons. The quantitative estimate of drug-likeness (QED) is 0.380. The molecule has 1 aliphatic heterocycles. The van der Waals surface area contributed by atoms with Gasteiger partial charge in [0.2, 0.25) is 0 Å². The Bertz CT molecular complexity index is 951. The molecule has 1 heterocycles. The minimum atomic E-state index is -1.85. The molecule has 31 heavy (non-hydrogen) atoms. The van der Waals surface area contributed by atoms with Gasteiger partial charge in [-0.3, -0.25) is 0 Å². The van der Waals surface area contributed by atoms with Crippen LogP contribution in [0.25, 0.3) is 0 Å². The fourth-order valence-corrected chi connectivity index (χ4v) is 8.47. The Morgan fingerprint density at radius 1 is 1.16 bits per heavy atom. The van der Waals surface area contributed by atoms with Gasteiger partial charge in [0.15, 0.2) is 0 Å². The van der Waals surface area contributed by atoms with E-state index in [1.807, 2.05) is 22.6 Å². The number of hydrogen-bond acceptors (Lipinski definition) is 2. The summed E-state index contributed by atoms with van der Waals surface area (Å²) in [5, 5.41) is 3.30. The summed E-state index contributed by atoms with van der Waals surface area (Å²) in [6.45, 7) is 3.84. The third-order valence-corrected chi connectivity index (χ3v) is 11.2. The van der Waals surface area contributed by atoms with Gasteiger partial charge in [-0.15, -0.1) is 0 Å². The molecule has 0 radical (unpaired) electrons. The van der Waals surface area contributed by atoms with Crippen molar-refractivity contribution in [2.24, 2.45) is 0 Å². The fourth-order valence-electron chi connectivity index (χ4n) is 3.89. The molecule has 0 saturated carbocycles. The monoisotopic (exact) mass is 655 g/mol. The number of amides is 1. The van der Waals surface area contributed by atoms with Gasteiger partial charge < -0.3 is 0 Å². The first kappa shape index (κ1) is 24.8. The van der Waals surface area contributed by atoms with E-state index in [4.69, 9.17) is 0 Å². The molecule has 3 nitrogen and oxygen atoms in total. The number of hydrogen-bond donors (Lipinski definition) is 1. The average Bonchev–Trinajstić information content (AvgIpc) is 2.70. The molecule has 1 aliphatic rings. The number of nitrogens with one attached hydrogen (secondary N) is 1. The number of likely N-dealkylation sites (tertiary alicyclic amines) is 1. The molecule has 2 aromatic carbocycles. The van der Waals surface area contributed by atoms with Gasteiger partial charge in [-0.2, -0.15) is 0 Å². The Kier molecular flexibility index (Phi) is 8.00. The number of nitrogens with zero attached hydrogens (tertiary/aromatic N) is 1. The van der Waals surface area contributed by atoms with E-state index >= 15 is 4.39 Å². The van der Waals surface area contributed by atoms with Gasteiger partial charge in [0, 0.05) is 3.57 Å². The first-order valence-electron chi connectivity index (χ1n) is 10.3. The molecular weight excluding hydrogens is 624 g/mol. The van der Waals surface area contributed by atoms with Crippen LogP contribution >= 0.6 is 22.6 Å². The van der Waals surface area contributed by atoms with Crippen LogP contribution < -0.4 is 23.8 Å². The minimum absolute atomic E-state index is 0.160. The SMILES string of the molecule is Cc1ccc(CNCC2(F)CCN(C(=O)c3ccc(F)c(I)c3)CC2)cc1[I-](C)(C)C. The van der Waals surface area contributed by atoms with Crippen LogP contribution in [0.4, 0.5) is 8.78 Å². The Morgan fingerprint density at radius 2 is 1.84 bits per heavy atom. The maximum atomic E-state index is 15.3. The van der Waals surface area contributed by atoms with E-state index in [2.05, 4.69) is 45.2 Å². The van der Waals surface area contributed by atoms with Crippen LogP contribution in [0.15, 0.2) is 36.4 Å². The molecule has 1 fully saturated rings. The second kappa shape index (κ2) is 9.99. The van der Waals surface area contributed by atoms with E-state index in [0.717, 1.165) is 0 Å². The number of alkyl halides is 4. The van der Waals surface area contributed by atoms with Crippen LogP contribution in [0.3, 0.4) is 0 Å².